The smallest absolute Gasteiger partial charge is 0.225 e. The molecule has 0 amide bonds. The molecule has 3 atom stereocenters. The third-order valence-electron chi connectivity index (χ3n) is 9.85. The minimum absolute atomic E-state index is 0.0113. The fourth-order valence-corrected chi connectivity index (χ4v) is 7.78. The fourth-order valence-electron chi connectivity index (χ4n) is 7.78. The summed E-state index contributed by atoms with van der Waals surface area (Å²) in [5.41, 5.74) is 0.953. The van der Waals surface area contributed by atoms with Crippen LogP contribution in [0.25, 0.3) is 33.1 Å². The molecule has 3 fully saturated rings. The molecule has 0 unspecified atom stereocenters. The van der Waals surface area contributed by atoms with Crippen molar-refractivity contribution in [2.75, 3.05) is 51.0 Å². The SMILES string of the molecule is CCc1c(F)cnc2cc(O)cc(-c3nc4c5c(cc(OC[C@@]67CCCN6C[C@H](F)C7)nc5c3F)N3CCCOC[C@H]3CO4)c12. The van der Waals surface area contributed by atoms with Gasteiger partial charge in [-0.25, -0.2) is 23.1 Å². The average molecular weight is 622 g/mol. The number of aromatic nitrogens is 3. The monoisotopic (exact) mass is 621 g/mol. The molecule has 45 heavy (non-hydrogen) atoms. The zero-order valence-corrected chi connectivity index (χ0v) is 25.0. The number of aromatic hydroxyl groups is 1. The molecular formula is C33H34F3N5O4. The summed E-state index contributed by atoms with van der Waals surface area (Å²) in [5, 5.41) is 11.4. The van der Waals surface area contributed by atoms with Crippen molar-refractivity contribution in [3.8, 4) is 28.8 Å². The van der Waals surface area contributed by atoms with Crippen LogP contribution in [0.3, 0.4) is 0 Å². The first-order valence-corrected chi connectivity index (χ1v) is 15.7. The van der Waals surface area contributed by atoms with Crippen molar-refractivity contribution in [2.24, 2.45) is 0 Å². The van der Waals surface area contributed by atoms with Crippen LogP contribution in [0.1, 0.15) is 38.2 Å². The Morgan fingerprint density at radius 3 is 2.87 bits per heavy atom. The second-order valence-corrected chi connectivity index (χ2v) is 12.6. The maximum absolute atomic E-state index is 17.0. The van der Waals surface area contributed by atoms with Gasteiger partial charge in [-0.05, 0) is 43.9 Å². The third-order valence-corrected chi connectivity index (χ3v) is 9.85. The minimum Gasteiger partial charge on any atom is -0.508 e. The fraction of sp³-hybridized carbons (Fsp3) is 0.485. The van der Waals surface area contributed by atoms with E-state index in [1.807, 2.05) is 0 Å². The maximum Gasteiger partial charge on any atom is 0.225 e. The van der Waals surface area contributed by atoms with Gasteiger partial charge in [0, 0.05) is 49.2 Å². The number of phenols is 1. The molecule has 1 N–H and O–H groups in total. The molecule has 236 valence electrons. The van der Waals surface area contributed by atoms with Gasteiger partial charge in [-0.1, -0.05) is 6.92 Å². The topological polar surface area (TPSA) is 93.1 Å². The van der Waals surface area contributed by atoms with Gasteiger partial charge in [0.1, 0.15) is 42.2 Å². The standard InChI is InChI=1S/C33H34F3N5O4/c1-2-21-23(35)13-37-24-10-20(42)9-22(27(21)24)30-29(36)31-28-25(41-7-4-8-43-15-19(41)16-44-32(28)39-30)11-26(38-31)45-17-33-5-3-6-40(33)14-18(34)12-33/h9-11,13,18-19,42H,2-8,12,14-17H2,1H3/t18-,19+,33+/m1/s1. The summed E-state index contributed by atoms with van der Waals surface area (Å²) in [6, 6.07) is 4.43. The number of nitrogens with zero attached hydrogens (tertiary/aromatic N) is 5. The quantitative estimate of drug-likeness (QED) is 0.317. The number of benzene rings is 1. The number of fused-ring (bicyclic) bond motifs is 4. The Morgan fingerprint density at radius 2 is 2.00 bits per heavy atom. The second kappa shape index (κ2) is 10.9. The van der Waals surface area contributed by atoms with Crippen molar-refractivity contribution in [2.45, 2.75) is 56.8 Å². The summed E-state index contributed by atoms with van der Waals surface area (Å²) >= 11 is 0. The molecule has 3 saturated heterocycles. The summed E-state index contributed by atoms with van der Waals surface area (Å²) < 4.78 is 64.9. The van der Waals surface area contributed by atoms with E-state index in [9.17, 15) is 13.9 Å². The van der Waals surface area contributed by atoms with Crippen molar-refractivity contribution >= 4 is 27.5 Å². The van der Waals surface area contributed by atoms with Crippen molar-refractivity contribution < 1.29 is 32.5 Å². The molecule has 0 spiro atoms. The Balaban J connectivity index is 1.33. The molecule has 3 aromatic heterocycles. The molecule has 0 bridgehead atoms. The van der Waals surface area contributed by atoms with E-state index in [4.69, 9.17) is 14.2 Å². The van der Waals surface area contributed by atoms with Gasteiger partial charge < -0.3 is 24.2 Å². The van der Waals surface area contributed by atoms with Gasteiger partial charge >= 0.3 is 0 Å². The lowest BCUT2D eigenvalue weighted by Crippen LogP contribution is -2.43. The van der Waals surface area contributed by atoms with Crippen LogP contribution in [-0.4, -0.2) is 88.8 Å². The predicted octanol–water partition coefficient (Wildman–Crippen LogP) is 5.33. The summed E-state index contributed by atoms with van der Waals surface area (Å²) in [7, 11) is 0. The van der Waals surface area contributed by atoms with Crippen molar-refractivity contribution in [3.63, 3.8) is 0 Å². The van der Waals surface area contributed by atoms with E-state index in [0.29, 0.717) is 66.7 Å². The van der Waals surface area contributed by atoms with Crippen LogP contribution >= 0.6 is 0 Å². The van der Waals surface area contributed by atoms with Gasteiger partial charge in [0.2, 0.25) is 11.8 Å². The van der Waals surface area contributed by atoms with E-state index in [1.165, 1.54) is 12.1 Å². The highest BCUT2D eigenvalue weighted by Gasteiger charge is 2.49. The first kappa shape index (κ1) is 28.6. The number of phenolic OH excluding ortho intramolecular Hbond substituents is 1. The lowest BCUT2D eigenvalue weighted by molar-refractivity contribution is 0.111. The first-order valence-electron chi connectivity index (χ1n) is 15.7. The van der Waals surface area contributed by atoms with Crippen LogP contribution in [-0.2, 0) is 11.2 Å². The zero-order chi connectivity index (χ0) is 30.9. The zero-order valence-electron chi connectivity index (χ0n) is 25.0. The number of alkyl halides is 1. The maximum atomic E-state index is 17.0. The van der Waals surface area contributed by atoms with Crippen LogP contribution in [0.15, 0.2) is 24.4 Å². The lowest BCUT2D eigenvalue weighted by Gasteiger charge is -2.32. The normalized spacial score (nSPS) is 24.8. The highest BCUT2D eigenvalue weighted by atomic mass is 19.1. The Kier molecular flexibility index (Phi) is 6.90. The number of pyridine rings is 3. The molecule has 4 aromatic rings. The molecule has 9 nitrogen and oxygen atoms in total. The van der Waals surface area contributed by atoms with E-state index < -0.39 is 23.3 Å². The number of hydrogen-bond acceptors (Lipinski definition) is 9. The number of anilines is 1. The molecule has 0 aliphatic carbocycles. The van der Waals surface area contributed by atoms with E-state index in [2.05, 4.69) is 24.8 Å². The molecule has 8 rings (SSSR count). The number of halogens is 3. The van der Waals surface area contributed by atoms with Gasteiger partial charge in [-0.15, -0.1) is 0 Å². The molecule has 12 heteroatoms. The number of rotatable bonds is 5. The first-order chi connectivity index (χ1) is 21.8. The predicted molar refractivity (Wildman–Crippen MR) is 162 cm³/mol. The number of hydrogen-bond donors (Lipinski definition) is 1. The lowest BCUT2D eigenvalue weighted by atomic mass is 9.95. The summed E-state index contributed by atoms with van der Waals surface area (Å²) in [6.07, 6.45) is 3.48. The van der Waals surface area contributed by atoms with Crippen LogP contribution in [0.4, 0.5) is 18.9 Å². The third kappa shape index (κ3) is 4.63. The Hall–Kier alpha value is -3.90. The summed E-state index contributed by atoms with van der Waals surface area (Å²) in [6.45, 7) is 5.17. The van der Waals surface area contributed by atoms with Gasteiger partial charge in [-0.2, -0.15) is 0 Å². The summed E-state index contributed by atoms with van der Waals surface area (Å²) in [4.78, 5) is 17.8. The van der Waals surface area contributed by atoms with Crippen LogP contribution in [0.5, 0.6) is 17.5 Å². The molecule has 4 aliphatic rings. The van der Waals surface area contributed by atoms with Gasteiger partial charge in [0.05, 0.1) is 41.0 Å². The van der Waals surface area contributed by atoms with E-state index >= 15 is 4.39 Å². The number of aryl methyl sites for hydroxylation is 1. The van der Waals surface area contributed by atoms with E-state index in [1.54, 1.807) is 13.0 Å². The molecule has 4 aliphatic heterocycles. The highest BCUT2D eigenvalue weighted by Crippen LogP contribution is 2.45. The molecule has 0 saturated carbocycles. The van der Waals surface area contributed by atoms with Crippen molar-refractivity contribution in [3.05, 3.63) is 41.6 Å². The molecule has 1 aromatic carbocycles. The van der Waals surface area contributed by atoms with Crippen LogP contribution in [0.2, 0.25) is 0 Å². The van der Waals surface area contributed by atoms with Gasteiger partial charge in [-0.3, -0.25) is 9.88 Å². The Bertz CT molecular complexity index is 1830. The van der Waals surface area contributed by atoms with Crippen LogP contribution < -0.4 is 14.4 Å². The largest absolute Gasteiger partial charge is 0.508 e. The van der Waals surface area contributed by atoms with E-state index in [-0.39, 0.29) is 53.5 Å². The second-order valence-electron chi connectivity index (χ2n) is 12.6. The number of ether oxygens (including phenoxy) is 3. The average Bonchev–Trinajstić information content (AvgIpc) is 3.38. The summed E-state index contributed by atoms with van der Waals surface area (Å²) in [5.74, 6) is -1.04. The highest BCUT2D eigenvalue weighted by molar-refractivity contribution is 6.03. The van der Waals surface area contributed by atoms with Crippen molar-refractivity contribution in [1.82, 2.24) is 19.9 Å². The van der Waals surface area contributed by atoms with E-state index in [0.717, 1.165) is 32.0 Å². The van der Waals surface area contributed by atoms with Crippen molar-refractivity contribution in [1.29, 1.82) is 0 Å². The van der Waals surface area contributed by atoms with Crippen LogP contribution in [0, 0.1) is 11.6 Å². The Morgan fingerprint density at radius 1 is 1.11 bits per heavy atom. The van der Waals surface area contributed by atoms with Gasteiger partial charge in [0.25, 0.3) is 0 Å². The molecular weight excluding hydrogens is 587 g/mol. The molecule has 7 heterocycles. The minimum atomic E-state index is -0.906. The van der Waals surface area contributed by atoms with Gasteiger partial charge in [0.15, 0.2) is 5.82 Å². The molecule has 0 radical (unpaired) electrons. The Labute approximate surface area is 257 Å².